The molecular weight excluding hydrogens is 318 g/mol. The van der Waals surface area contributed by atoms with E-state index in [4.69, 9.17) is 4.74 Å². The lowest BCUT2D eigenvalue weighted by atomic mass is 10.2. The fourth-order valence-corrected chi connectivity index (χ4v) is 2.67. The summed E-state index contributed by atoms with van der Waals surface area (Å²) in [4.78, 5) is 2.27. The molecule has 0 amide bonds. The highest BCUT2D eigenvalue weighted by Gasteiger charge is 2.12. The molecule has 0 saturated carbocycles. The Labute approximate surface area is 128 Å². The molecule has 5 heteroatoms. The predicted molar refractivity (Wildman–Crippen MR) is 83.8 cm³/mol. The Morgan fingerprint density at radius 2 is 1.90 bits per heavy atom. The molecule has 0 N–H and O–H groups in total. The zero-order valence-corrected chi connectivity index (χ0v) is 13.9. The maximum absolute atomic E-state index is 5.17. The lowest BCUT2D eigenvalue weighted by Crippen LogP contribution is -2.19. The van der Waals surface area contributed by atoms with Crippen LogP contribution in [0.3, 0.4) is 0 Å². The molecule has 0 spiro atoms. The van der Waals surface area contributed by atoms with E-state index in [2.05, 4.69) is 45.1 Å². The van der Waals surface area contributed by atoms with E-state index in [9.17, 15) is 0 Å². The molecule has 0 unspecified atom stereocenters. The van der Waals surface area contributed by atoms with Gasteiger partial charge < -0.3 is 4.74 Å². The first-order valence-electron chi connectivity index (χ1n) is 6.50. The smallest absolute Gasteiger partial charge is 0.118 e. The van der Waals surface area contributed by atoms with Gasteiger partial charge in [0.2, 0.25) is 0 Å². The van der Waals surface area contributed by atoms with E-state index in [0.717, 1.165) is 29.0 Å². The van der Waals surface area contributed by atoms with E-state index >= 15 is 0 Å². The van der Waals surface area contributed by atoms with E-state index < -0.39 is 0 Å². The highest BCUT2D eigenvalue weighted by Crippen LogP contribution is 2.22. The van der Waals surface area contributed by atoms with Gasteiger partial charge in [-0.2, -0.15) is 5.10 Å². The third-order valence-electron chi connectivity index (χ3n) is 3.29. The normalized spacial score (nSPS) is 11.1. The number of aryl methyl sites for hydroxylation is 2. The molecule has 0 bridgehead atoms. The fourth-order valence-electron chi connectivity index (χ4n) is 2.21. The minimum absolute atomic E-state index is 0.851. The second-order valence-corrected chi connectivity index (χ2v) is 5.78. The van der Waals surface area contributed by atoms with Crippen molar-refractivity contribution in [2.45, 2.75) is 20.0 Å². The van der Waals surface area contributed by atoms with Crippen molar-refractivity contribution in [3.8, 4) is 5.75 Å². The van der Waals surface area contributed by atoms with Crippen LogP contribution in [0.4, 0.5) is 0 Å². The van der Waals surface area contributed by atoms with Gasteiger partial charge in [-0.15, -0.1) is 0 Å². The third-order valence-corrected chi connectivity index (χ3v) is 4.32. The lowest BCUT2D eigenvalue weighted by Gasteiger charge is -2.17. The molecule has 2 aromatic rings. The highest BCUT2D eigenvalue weighted by atomic mass is 79.9. The molecule has 0 aliphatic heterocycles. The van der Waals surface area contributed by atoms with Crippen molar-refractivity contribution >= 4 is 15.9 Å². The van der Waals surface area contributed by atoms with Gasteiger partial charge in [0.15, 0.2) is 0 Å². The van der Waals surface area contributed by atoms with Gasteiger partial charge in [-0.3, -0.25) is 9.58 Å². The Morgan fingerprint density at radius 3 is 2.40 bits per heavy atom. The molecule has 108 valence electrons. The Balaban J connectivity index is 2.02. The van der Waals surface area contributed by atoms with Crippen molar-refractivity contribution in [1.29, 1.82) is 0 Å². The van der Waals surface area contributed by atoms with Crippen LogP contribution in [0.5, 0.6) is 5.75 Å². The molecule has 0 aliphatic rings. The topological polar surface area (TPSA) is 30.3 Å². The summed E-state index contributed by atoms with van der Waals surface area (Å²) in [6.07, 6.45) is 0. The SMILES string of the molecule is COc1ccc(CN(C)Cc2c(Br)c(C)nn2C)cc1. The average Bonchev–Trinajstić information content (AvgIpc) is 2.66. The van der Waals surface area contributed by atoms with Crippen molar-refractivity contribution in [2.75, 3.05) is 14.2 Å². The van der Waals surface area contributed by atoms with Gasteiger partial charge in [0.25, 0.3) is 0 Å². The average molecular weight is 338 g/mol. The number of hydrogen-bond donors (Lipinski definition) is 0. The Morgan fingerprint density at radius 1 is 1.25 bits per heavy atom. The van der Waals surface area contributed by atoms with Gasteiger partial charge in [-0.1, -0.05) is 12.1 Å². The van der Waals surface area contributed by atoms with Crippen LogP contribution in [-0.4, -0.2) is 28.8 Å². The molecule has 4 nitrogen and oxygen atoms in total. The summed E-state index contributed by atoms with van der Waals surface area (Å²) >= 11 is 3.61. The molecule has 1 aromatic heterocycles. The summed E-state index contributed by atoms with van der Waals surface area (Å²) in [6.45, 7) is 3.75. The fraction of sp³-hybridized carbons (Fsp3) is 0.400. The maximum atomic E-state index is 5.17. The lowest BCUT2D eigenvalue weighted by molar-refractivity contribution is 0.308. The first kappa shape index (κ1) is 15.1. The highest BCUT2D eigenvalue weighted by molar-refractivity contribution is 9.10. The van der Waals surface area contributed by atoms with Gasteiger partial charge >= 0.3 is 0 Å². The van der Waals surface area contributed by atoms with Gasteiger partial charge in [0, 0.05) is 20.1 Å². The summed E-state index contributed by atoms with van der Waals surface area (Å²) in [5.74, 6) is 0.890. The molecule has 0 atom stereocenters. The van der Waals surface area contributed by atoms with E-state index in [1.165, 1.54) is 11.3 Å². The Hall–Kier alpha value is -1.33. The van der Waals surface area contributed by atoms with Crippen LogP contribution < -0.4 is 4.74 Å². The van der Waals surface area contributed by atoms with Crippen molar-refractivity contribution in [2.24, 2.45) is 7.05 Å². The number of benzene rings is 1. The van der Waals surface area contributed by atoms with Crippen molar-refractivity contribution in [1.82, 2.24) is 14.7 Å². The van der Waals surface area contributed by atoms with E-state index in [1.807, 2.05) is 30.8 Å². The first-order chi connectivity index (χ1) is 9.51. The molecule has 1 heterocycles. The third kappa shape index (κ3) is 3.41. The Kier molecular flexibility index (Phi) is 4.83. The second kappa shape index (κ2) is 6.41. The number of rotatable bonds is 5. The molecule has 0 fully saturated rings. The van der Waals surface area contributed by atoms with Gasteiger partial charge in [-0.05, 0) is 47.6 Å². The van der Waals surface area contributed by atoms with E-state index in [1.54, 1.807) is 7.11 Å². The molecular formula is C15H20BrN3O. The molecule has 0 radical (unpaired) electrons. The predicted octanol–water partition coefficient (Wildman–Crippen LogP) is 3.13. The van der Waals surface area contributed by atoms with Crippen molar-refractivity contribution in [3.63, 3.8) is 0 Å². The quantitative estimate of drug-likeness (QED) is 0.839. The molecule has 0 saturated heterocycles. The standard InChI is InChI=1S/C15H20BrN3O/c1-11-15(16)14(19(3)17-11)10-18(2)9-12-5-7-13(20-4)8-6-12/h5-8H,9-10H2,1-4H3. The number of hydrogen-bond acceptors (Lipinski definition) is 3. The van der Waals surface area contributed by atoms with E-state index in [0.29, 0.717) is 0 Å². The summed E-state index contributed by atoms with van der Waals surface area (Å²) in [5.41, 5.74) is 3.49. The minimum atomic E-state index is 0.851. The van der Waals surface area contributed by atoms with Crippen molar-refractivity contribution < 1.29 is 4.74 Å². The molecule has 2 rings (SSSR count). The molecule has 0 aliphatic carbocycles. The molecule has 1 aromatic carbocycles. The van der Waals surface area contributed by atoms with Crippen LogP contribution in [0.2, 0.25) is 0 Å². The van der Waals surface area contributed by atoms with Crippen LogP contribution >= 0.6 is 15.9 Å². The molecule has 20 heavy (non-hydrogen) atoms. The number of halogens is 1. The summed E-state index contributed by atoms with van der Waals surface area (Å²) in [6, 6.07) is 8.18. The monoisotopic (exact) mass is 337 g/mol. The second-order valence-electron chi connectivity index (χ2n) is 4.99. The van der Waals surface area contributed by atoms with Crippen molar-refractivity contribution in [3.05, 3.63) is 45.7 Å². The van der Waals surface area contributed by atoms with Gasteiger partial charge in [-0.25, -0.2) is 0 Å². The number of methoxy groups -OCH3 is 1. The summed E-state index contributed by atoms with van der Waals surface area (Å²) in [7, 11) is 5.77. The first-order valence-corrected chi connectivity index (χ1v) is 7.30. The summed E-state index contributed by atoms with van der Waals surface area (Å²) < 4.78 is 8.21. The van der Waals surface area contributed by atoms with Crippen LogP contribution in [0.25, 0.3) is 0 Å². The van der Waals surface area contributed by atoms with Gasteiger partial charge in [0.1, 0.15) is 5.75 Å². The zero-order chi connectivity index (χ0) is 14.7. The van der Waals surface area contributed by atoms with Crippen LogP contribution in [0.15, 0.2) is 28.7 Å². The minimum Gasteiger partial charge on any atom is -0.497 e. The zero-order valence-electron chi connectivity index (χ0n) is 12.4. The number of aromatic nitrogens is 2. The van der Waals surface area contributed by atoms with Gasteiger partial charge in [0.05, 0.1) is 23.0 Å². The summed E-state index contributed by atoms with van der Waals surface area (Å²) in [5, 5.41) is 4.42. The van der Waals surface area contributed by atoms with Crippen LogP contribution in [0.1, 0.15) is 17.0 Å². The van der Waals surface area contributed by atoms with Crippen LogP contribution in [-0.2, 0) is 20.1 Å². The van der Waals surface area contributed by atoms with E-state index in [-0.39, 0.29) is 0 Å². The van der Waals surface area contributed by atoms with Crippen LogP contribution in [0, 0.1) is 6.92 Å². The largest absolute Gasteiger partial charge is 0.497 e. The Bertz CT molecular complexity index is 578. The maximum Gasteiger partial charge on any atom is 0.118 e. The number of ether oxygens (including phenoxy) is 1. The number of nitrogens with zero attached hydrogens (tertiary/aromatic N) is 3.